The molecular formula is C29H39N4S2+. The summed E-state index contributed by atoms with van der Waals surface area (Å²) in [5.74, 6) is 0. The molecule has 35 heavy (non-hydrogen) atoms. The Morgan fingerprint density at radius 3 is 2.14 bits per heavy atom. The van der Waals surface area contributed by atoms with Gasteiger partial charge in [-0.3, -0.25) is 0 Å². The number of aromatic nitrogens is 1. The second kappa shape index (κ2) is 11.5. The number of thiazole rings is 1. The topological polar surface area (TPSA) is 13.6 Å². The summed E-state index contributed by atoms with van der Waals surface area (Å²) in [6.45, 7) is 19.4. The van der Waals surface area contributed by atoms with Crippen LogP contribution in [0.1, 0.15) is 46.6 Å². The zero-order valence-corrected chi connectivity index (χ0v) is 23.7. The number of hydrogen-bond donors (Lipinski definition) is 0. The lowest BCUT2D eigenvalue weighted by Gasteiger charge is -2.22. The highest BCUT2D eigenvalue weighted by Gasteiger charge is 2.24. The minimum atomic E-state index is 0.969. The summed E-state index contributed by atoms with van der Waals surface area (Å²) >= 11 is 3.76. The fourth-order valence-corrected chi connectivity index (χ4v) is 7.22. The van der Waals surface area contributed by atoms with Crippen LogP contribution in [-0.2, 0) is 6.54 Å². The van der Waals surface area contributed by atoms with E-state index in [-0.39, 0.29) is 0 Å². The highest BCUT2D eigenvalue weighted by Crippen LogP contribution is 2.47. The normalized spacial score (nSPS) is 14.5. The molecule has 0 atom stereocenters. The van der Waals surface area contributed by atoms with Gasteiger partial charge in [0, 0.05) is 61.1 Å². The van der Waals surface area contributed by atoms with Crippen molar-refractivity contribution in [2.24, 2.45) is 0 Å². The van der Waals surface area contributed by atoms with Crippen molar-refractivity contribution in [2.75, 3.05) is 47.4 Å². The Morgan fingerprint density at radius 1 is 0.857 bits per heavy atom. The van der Waals surface area contributed by atoms with Crippen LogP contribution in [0.2, 0.25) is 0 Å². The smallest absolute Gasteiger partial charge is 0.262 e. The van der Waals surface area contributed by atoms with E-state index in [0.717, 1.165) is 39.3 Å². The lowest BCUT2D eigenvalue weighted by Crippen LogP contribution is -2.33. The summed E-state index contributed by atoms with van der Waals surface area (Å²) in [7, 11) is 0. The van der Waals surface area contributed by atoms with E-state index in [1.165, 1.54) is 42.2 Å². The Hall–Kier alpha value is -2.44. The number of hydrogen-bond acceptors (Lipinski definition) is 5. The SMILES string of the molecule is CCN(CC)c1ccc2c(c1)S/C(=C\C=C\c1sc3cc(N(CC)CC)ccc3[n+]1CC)N2CC. The largest absolute Gasteiger partial charge is 0.372 e. The van der Waals surface area contributed by atoms with Gasteiger partial charge in [-0.2, -0.15) is 4.57 Å². The molecule has 4 nitrogen and oxygen atoms in total. The monoisotopic (exact) mass is 507 g/mol. The fraction of sp³-hybridized carbons (Fsp3) is 0.414. The molecule has 4 rings (SSSR count). The van der Waals surface area contributed by atoms with E-state index in [0.29, 0.717) is 0 Å². The van der Waals surface area contributed by atoms with Crippen LogP contribution in [0.4, 0.5) is 17.1 Å². The number of aryl methyl sites for hydroxylation is 1. The van der Waals surface area contributed by atoms with Gasteiger partial charge in [-0.05, 0) is 78.0 Å². The molecule has 0 spiro atoms. The molecule has 0 unspecified atom stereocenters. The number of allylic oxidation sites excluding steroid dienone is 2. The van der Waals surface area contributed by atoms with Gasteiger partial charge in [-0.1, -0.05) is 29.2 Å². The van der Waals surface area contributed by atoms with E-state index in [2.05, 4.69) is 115 Å². The first-order chi connectivity index (χ1) is 17.1. The predicted molar refractivity (Wildman–Crippen MR) is 157 cm³/mol. The second-order valence-corrected chi connectivity index (χ2v) is 10.7. The third-order valence-corrected chi connectivity index (χ3v) is 9.02. The molecule has 2 aromatic carbocycles. The Morgan fingerprint density at radius 2 is 1.51 bits per heavy atom. The van der Waals surface area contributed by atoms with Gasteiger partial charge in [0.15, 0.2) is 0 Å². The van der Waals surface area contributed by atoms with Crippen LogP contribution in [0.15, 0.2) is 58.5 Å². The third-order valence-electron chi connectivity index (χ3n) is 6.80. The maximum absolute atomic E-state index is 2.42. The first-order valence-corrected chi connectivity index (χ1v) is 14.7. The maximum atomic E-state index is 2.42. The van der Waals surface area contributed by atoms with Crippen LogP contribution >= 0.6 is 23.1 Å². The van der Waals surface area contributed by atoms with E-state index < -0.39 is 0 Å². The Kier molecular flexibility index (Phi) is 8.45. The standard InChI is InChI=1S/C29H39N4S2/c1-7-30(8-2)22-16-18-24-26(20-22)34-28(32(24)11-5)14-13-15-29-33(12-6)25-19-17-23(21-27(25)35-29)31(9-3)10-4/h13-21H,7-12H2,1-6H3/q+1. The molecule has 0 radical (unpaired) electrons. The van der Waals surface area contributed by atoms with Crippen LogP contribution < -0.4 is 19.3 Å². The molecule has 0 bridgehead atoms. The summed E-state index contributed by atoms with van der Waals surface area (Å²) in [6.07, 6.45) is 6.78. The van der Waals surface area contributed by atoms with Gasteiger partial charge in [0.2, 0.25) is 5.52 Å². The van der Waals surface area contributed by atoms with Crippen LogP contribution in [0.5, 0.6) is 0 Å². The summed E-state index contributed by atoms with van der Waals surface area (Å²) in [4.78, 5) is 8.60. The molecule has 1 aliphatic rings. The molecule has 3 aromatic rings. The minimum absolute atomic E-state index is 0.969. The van der Waals surface area contributed by atoms with Crippen molar-refractivity contribution in [3.05, 3.63) is 58.6 Å². The first kappa shape index (κ1) is 25.6. The van der Waals surface area contributed by atoms with Crippen molar-refractivity contribution in [1.29, 1.82) is 0 Å². The highest BCUT2D eigenvalue weighted by molar-refractivity contribution is 8.03. The number of rotatable bonds is 10. The molecule has 0 saturated carbocycles. The van der Waals surface area contributed by atoms with Crippen molar-refractivity contribution in [3.63, 3.8) is 0 Å². The average molecular weight is 508 g/mol. The zero-order valence-electron chi connectivity index (χ0n) is 22.0. The van der Waals surface area contributed by atoms with Crippen LogP contribution in [-0.4, -0.2) is 32.7 Å². The predicted octanol–water partition coefficient (Wildman–Crippen LogP) is 7.39. The minimum Gasteiger partial charge on any atom is -0.372 e. The summed E-state index contributed by atoms with van der Waals surface area (Å²) in [5.41, 5.74) is 5.27. The molecule has 2 heterocycles. The third kappa shape index (κ3) is 5.10. The lowest BCUT2D eigenvalue weighted by molar-refractivity contribution is -0.665. The Labute approximate surface area is 219 Å². The number of fused-ring (bicyclic) bond motifs is 2. The van der Waals surface area contributed by atoms with Crippen molar-refractivity contribution in [1.82, 2.24) is 0 Å². The van der Waals surface area contributed by atoms with E-state index in [1.807, 2.05) is 23.1 Å². The highest BCUT2D eigenvalue weighted by atomic mass is 32.2. The number of anilines is 3. The molecule has 0 amide bonds. The summed E-state index contributed by atoms with van der Waals surface area (Å²) in [6, 6.07) is 13.8. The summed E-state index contributed by atoms with van der Waals surface area (Å²) < 4.78 is 3.77. The quantitative estimate of drug-likeness (QED) is 0.265. The fourth-order valence-electron chi connectivity index (χ4n) is 4.87. The van der Waals surface area contributed by atoms with Gasteiger partial charge in [-0.15, -0.1) is 0 Å². The van der Waals surface area contributed by atoms with Crippen molar-refractivity contribution < 1.29 is 4.57 Å². The molecule has 0 N–H and O–H groups in total. The van der Waals surface area contributed by atoms with E-state index >= 15 is 0 Å². The number of benzene rings is 2. The maximum Gasteiger partial charge on any atom is 0.262 e. The lowest BCUT2D eigenvalue weighted by atomic mass is 10.2. The molecule has 6 heteroatoms. The molecule has 186 valence electrons. The van der Waals surface area contributed by atoms with Crippen LogP contribution in [0.25, 0.3) is 16.3 Å². The van der Waals surface area contributed by atoms with Gasteiger partial charge in [0.25, 0.3) is 5.01 Å². The first-order valence-electron chi connectivity index (χ1n) is 13.0. The van der Waals surface area contributed by atoms with Crippen molar-refractivity contribution >= 4 is 56.5 Å². The Bertz CT molecular complexity index is 1220. The van der Waals surface area contributed by atoms with Gasteiger partial charge in [-0.25, -0.2) is 0 Å². The van der Waals surface area contributed by atoms with Gasteiger partial charge in [0.1, 0.15) is 11.2 Å². The van der Waals surface area contributed by atoms with E-state index in [4.69, 9.17) is 0 Å². The molecule has 0 aliphatic carbocycles. The average Bonchev–Trinajstić information content (AvgIpc) is 3.41. The van der Waals surface area contributed by atoms with E-state index in [1.54, 1.807) is 0 Å². The molecule has 1 aromatic heterocycles. The molecule has 0 fully saturated rings. The van der Waals surface area contributed by atoms with Gasteiger partial charge >= 0.3 is 0 Å². The van der Waals surface area contributed by atoms with Crippen molar-refractivity contribution in [3.8, 4) is 0 Å². The van der Waals surface area contributed by atoms with E-state index in [9.17, 15) is 0 Å². The summed E-state index contributed by atoms with van der Waals surface area (Å²) in [5, 5.41) is 2.59. The zero-order chi connectivity index (χ0) is 24.9. The number of thioether (sulfide) groups is 1. The molecule has 0 saturated heterocycles. The molecule has 1 aliphatic heterocycles. The van der Waals surface area contributed by atoms with Crippen molar-refractivity contribution in [2.45, 2.75) is 53.0 Å². The van der Waals surface area contributed by atoms with Gasteiger partial charge in [0.05, 0.1) is 10.7 Å². The Balaban J connectivity index is 1.61. The second-order valence-electron chi connectivity index (χ2n) is 8.54. The van der Waals surface area contributed by atoms with Crippen LogP contribution in [0, 0.1) is 0 Å². The van der Waals surface area contributed by atoms with Gasteiger partial charge < -0.3 is 14.7 Å². The molecular weight excluding hydrogens is 468 g/mol. The van der Waals surface area contributed by atoms with Crippen LogP contribution in [0.3, 0.4) is 0 Å². The number of nitrogens with zero attached hydrogens (tertiary/aromatic N) is 4.